The fraction of sp³-hybridized carbons (Fsp3) is 0.594. The van der Waals surface area contributed by atoms with E-state index in [2.05, 4.69) is 26.5 Å². The molecular weight excluding hydrogens is 780 g/mol. The number of anilines is 2. The Morgan fingerprint density at radius 3 is 2.68 bits per heavy atom. The molecule has 6 heterocycles. The summed E-state index contributed by atoms with van der Waals surface area (Å²) in [7, 11) is -8.35. The first-order valence-corrected chi connectivity index (χ1v) is 20.6. The summed E-state index contributed by atoms with van der Waals surface area (Å²) < 4.78 is 63.2. The number of hydrogen-bond donors (Lipinski definition) is 4. The van der Waals surface area contributed by atoms with Crippen LogP contribution in [0.1, 0.15) is 58.4 Å². The highest BCUT2D eigenvalue weighted by atomic mass is 31.2. The maximum absolute atomic E-state index is 14.3. The van der Waals surface area contributed by atoms with Crippen molar-refractivity contribution in [1.29, 1.82) is 0 Å². The normalized spacial score (nSPS) is 29.4. The van der Waals surface area contributed by atoms with E-state index in [1.165, 1.54) is 36.7 Å². The molecule has 0 aromatic carbocycles. The summed E-state index contributed by atoms with van der Waals surface area (Å²) in [5.41, 5.74) is 11.4. The van der Waals surface area contributed by atoms with Gasteiger partial charge in [0.2, 0.25) is 5.91 Å². The second-order valence-corrected chi connectivity index (χ2v) is 16.8. The lowest BCUT2D eigenvalue weighted by molar-refractivity contribution is -0.161. The predicted octanol–water partition coefficient (Wildman–Crippen LogP) is 1.07. The number of nitrogens with zero attached hydrogens (tertiary/aromatic N) is 7. The fourth-order valence-corrected chi connectivity index (χ4v) is 8.96. The number of fused-ring (bicyclic) bond motifs is 1. The highest BCUT2D eigenvalue weighted by Crippen LogP contribution is 2.64. The molecule has 10 atom stereocenters. The van der Waals surface area contributed by atoms with Crippen LogP contribution in [0.25, 0.3) is 11.2 Å². The summed E-state index contributed by atoms with van der Waals surface area (Å²) in [4.78, 5) is 78.4. The van der Waals surface area contributed by atoms with E-state index in [9.17, 15) is 33.3 Å². The number of aromatic nitrogens is 6. The number of nitrogen functional groups attached to an aromatic ring is 2. The maximum atomic E-state index is 14.3. The van der Waals surface area contributed by atoms with Crippen molar-refractivity contribution in [3.05, 3.63) is 48.1 Å². The first-order valence-electron chi connectivity index (χ1n) is 17.8. The van der Waals surface area contributed by atoms with Gasteiger partial charge in [0.15, 0.2) is 11.5 Å². The molecular formula is C32H45N9O13P2. The van der Waals surface area contributed by atoms with E-state index in [0.29, 0.717) is 24.2 Å². The van der Waals surface area contributed by atoms with Crippen LogP contribution in [0.15, 0.2) is 42.4 Å². The molecule has 0 bridgehead atoms. The highest BCUT2D eigenvalue weighted by Gasteiger charge is 2.59. The fourth-order valence-electron chi connectivity index (χ4n) is 7.14. The summed E-state index contributed by atoms with van der Waals surface area (Å²) in [5, 5.41) is -1.82. The first-order chi connectivity index (χ1) is 26.6. The van der Waals surface area contributed by atoms with Gasteiger partial charge < -0.3 is 54.1 Å². The topological polar surface area (TPSA) is 298 Å². The molecule has 4 unspecified atom stereocenters. The van der Waals surface area contributed by atoms with Gasteiger partial charge in [0, 0.05) is 45.0 Å². The molecule has 6 rings (SSSR count). The Labute approximate surface area is 320 Å². The van der Waals surface area contributed by atoms with Crippen LogP contribution in [0.2, 0.25) is 0 Å². The number of ether oxygens (including phenoxy) is 4. The van der Waals surface area contributed by atoms with Crippen LogP contribution in [0.4, 0.5) is 11.6 Å². The smallest absolute Gasteiger partial charge is 0.351 e. The van der Waals surface area contributed by atoms with Crippen LogP contribution in [0.3, 0.4) is 0 Å². The van der Waals surface area contributed by atoms with Crippen molar-refractivity contribution < 1.29 is 56.5 Å². The van der Waals surface area contributed by atoms with Gasteiger partial charge in [0.25, 0.3) is 0 Å². The minimum absolute atomic E-state index is 0.00758. The summed E-state index contributed by atoms with van der Waals surface area (Å²) in [6.07, 6.45) is 0.0103. The molecule has 306 valence electrons. The quantitative estimate of drug-likeness (QED) is 0.0892. The number of allylic oxidation sites excluding steroid dienone is 1. The average Bonchev–Trinajstić information content (AvgIpc) is 3.94. The van der Waals surface area contributed by atoms with Crippen LogP contribution in [-0.2, 0) is 46.7 Å². The Hall–Kier alpha value is -4.11. The van der Waals surface area contributed by atoms with E-state index in [-0.39, 0.29) is 49.8 Å². The molecule has 0 radical (unpaired) electrons. The summed E-state index contributed by atoms with van der Waals surface area (Å²) in [6, 6.07) is 0.360. The SMILES string of the molecule is C=CCCC(=O)N1CC(OCC)C[C@H]1C(=O)OC1C[C@H](n2cnc3c(N)ncnc32)O[C@@H]1COP(=O)(O)[C@]1(C)C[C@H](n2ccc(N)nc2=O)O[C@@H]1CO[PH](=O)O. The minimum atomic E-state index is -4.85. The van der Waals surface area contributed by atoms with Gasteiger partial charge in [0.1, 0.15) is 59.6 Å². The number of nitrogens with two attached hydrogens (primary N) is 2. The van der Waals surface area contributed by atoms with Crippen LogP contribution in [-0.4, -0.2) is 118 Å². The van der Waals surface area contributed by atoms with Crippen molar-refractivity contribution in [2.45, 2.75) is 94.0 Å². The molecule has 24 heteroatoms. The monoisotopic (exact) mass is 825 g/mol. The Morgan fingerprint density at radius 2 is 1.96 bits per heavy atom. The molecule has 0 saturated carbocycles. The number of carbonyl (C=O) groups is 2. The number of hydrogen-bond acceptors (Lipinski definition) is 17. The molecule has 3 aliphatic rings. The third-order valence-corrected chi connectivity index (χ3v) is 12.8. The highest BCUT2D eigenvalue weighted by molar-refractivity contribution is 7.54. The lowest BCUT2D eigenvalue weighted by Crippen LogP contribution is -2.44. The summed E-state index contributed by atoms with van der Waals surface area (Å²) in [6.45, 7) is 6.19. The number of likely N-dealkylation sites (tertiary alicyclic amines) is 1. The molecule has 0 spiro atoms. The Morgan fingerprint density at radius 1 is 1.18 bits per heavy atom. The van der Waals surface area contributed by atoms with Gasteiger partial charge in [0.05, 0.1) is 25.6 Å². The van der Waals surface area contributed by atoms with E-state index >= 15 is 0 Å². The third-order valence-electron chi connectivity index (χ3n) is 10.1. The molecule has 22 nitrogen and oxygen atoms in total. The molecule has 3 saturated heterocycles. The van der Waals surface area contributed by atoms with Crippen LogP contribution >= 0.6 is 15.9 Å². The number of amides is 1. The molecule has 3 aromatic heterocycles. The van der Waals surface area contributed by atoms with E-state index in [0.717, 1.165) is 4.57 Å². The van der Waals surface area contributed by atoms with Crippen molar-refractivity contribution in [1.82, 2.24) is 34.0 Å². The van der Waals surface area contributed by atoms with Gasteiger partial charge in [-0.25, -0.2) is 24.5 Å². The van der Waals surface area contributed by atoms with Crippen LogP contribution in [0.5, 0.6) is 0 Å². The zero-order valence-electron chi connectivity index (χ0n) is 30.6. The lowest BCUT2D eigenvalue weighted by atomic mass is 10.0. The molecule has 3 aliphatic heterocycles. The zero-order valence-corrected chi connectivity index (χ0v) is 32.5. The average molecular weight is 826 g/mol. The van der Waals surface area contributed by atoms with Crippen molar-refractivity contribution in [3.63, 3.8) is 0 Å². The Balaban J connectivity index is 1.26. The van der Waals surface area contributed by atoms with E-state index in [4.69, 9.17) is 39.5 Å². The van der Waals surface area contributed by atoms with Crippen molar-refractivity contribution in [2.75, 3.05) is 37.8 Å². The van der Waals surface area contributed by atoms with Crippen LogP contribution in [0, 0.1) is 0 Å². The zero-order chi connectivity index (χ0) is 40.4. The molecule has 3 fully saturated rings. The standard InChI is InChI=1S/C32H45N9O13P2/c1-4-6-7-24(42)40-13-18(49-5-2)10-19(40)30(43)53-20-11-25(41-17-37-27-28(34)35-16-36-29(27)41)52-21(20)14-51-56(47,48)32(3)12-26(54-22(32)15-50-55(45)46)39-9-8-23(33)38-31(39)44/h4,8-9,16-22,25-26,55H,1,5-7,10-15H2,2-3H3,(H,45,46)(H,47,48)(H2,33,38,44)(H2,34,35,36)/t18?,19-,20?,21+,22+,25+,26+,32+/m0/s1. The Kier molecular flexibility index (Phi) is 12.7. The minimum Gasteiger partial charge on any atom is -0.458 e. The number of imidazole rings is 1. The molecule has 3 aromatic rings. The molecule has 6 N–H and O–H groups in total. The van der Waals surface area contributed by atoms with Gasteiger partial charge in [-0.15, -0.1) is 6.58 Å². The van der Waals surface area contributed by atoms with Gasteiger partial charge in [-0.3, -0.25) is 23.1 Å². The van der Waals surface area contributed by atoms with E-state index in [1.54, 1.807) is 10.6 Å². The third kappa shape index (κ3) is 8.58. The number of carbonyl (C=O) groups excluding carboxylic acids is 2. The second kappa shape index (κ2) is 17.2. The number of rotatable bonds is 16. The molecule has 56 heavy (non-hydrogen) atoms. The largest absolute Gasteiger partial charge is 0.458 e. The number of esters is 1. The van der Waals surface area contributed by atoms with Gasteiger partial charge >= 0.3 is 27.5 Å². The predicted molar refractivity (Wildman–Crippen MR) is 196 cm³/mol. The Bertz CT molecular complexity index is 2070. The summed E-state index contributed by atoms with van der Waals surface area (Å²) in [5.74, 6) is -0.939. The van der Waals surface area contributed by atoms with Crippen LogP contribution < -0.4 is 17.2 Å². The van der Waals surface area contributed by atoms with E-state index in [1.807, 2.05) is 6.92 Å². The van der Waals surface area contributed by atoms with E-state index < -0.39 is 88.8 Å². The summed E-state index contributed by atoms with van der Waals surface area (Å²) >= 11 is 0. The van der Waals surface area contributed by atoms with Gasteiger partial charge in [-0.1, -0.05) is 6.08 Å². The first kappa shape index (κ1) is 41.5. The van der Waals surface area contributed by atoms with Crippen molar-refractivity contribution in [3.8, 4) is 0 Å². The van der Waals surface area contributed by atoms with Gasteiger partial charge in [-0.2, -0.15) is 4.98 Å². The lowest BCUT2D eigenvalue weighted by Gasteiger charge is -2.33. The second-order valence-electron chi connectivity index (χ2n) is 13.7. The van der Waals surface area contributed by atoms with Crippen molar-refractivity contribution >= 4 is 50.5 Å². The molecule has 0 aliphatic carbocycles. The maximum Gasteiger partial charge on any atom is 0.351 e. The van der Waals surface area contributed by atoms with Crippen molar-refractivity contribution in [2.24, 2.45) is 0 Å². The van der Waals surface area contributed by atoms with Gasteiger partial charge in [-0.05, 0) is 26.3 Å². The molecule has 1 amide bonds.